The Morgan fingerprint density at radius 1 is 1.28 bits per heavy atom. The quantitative estimate of drug-likeness (QED) is 0.387. The third kappa shape index (κ3) is 5.02. The van der Waals surface area contributed by atoms with E-state index in [-0.39, 0.29) is 11.3 Å². The van der Waals surface area contributed by atoms with Gasteiger partial charge in [-0.1, -0.05) is 0 Å². The normalized spacial score (nSPS) is 16.4. The van der Waals surface area contributed by atoms with Crippen molar-refractivity contribution >= 4 is 29.2 Å². The lowest BCUT2D eigenvalue weighted by molar-refractivity contribution is -0.0329. The highest BCUT2D eigenvalue weighted by molar-refractivity contribution is 8.00. The van der Waals surface area contributed by atoms with Crippen molar-refractivity contribution in [2.24, 2.45) is 0 Å². The number of thioether (sulfide) groups is 1. The SMILES string of the molecule is O=C(Nc1ccc(SC(F)(F)F)c(F)c1)c1cnc(N2CCC(O)C2)c(-c2ccn[nH]2)c1. The first-order chi connectivity index (χ1) is 15.2. The van der Waals surface area contributed by atoms with Gasteiger partial charge in [0.05, 0.1) is 22.3 Å². The molecule has 2 aromatic heterocycles. The Kier molecular flexibility index (Phi) is 6.07. The molecule has 0 spiro atoms. The van der Waals surface area contributed by atoms with Gasteiger partial charge in [-0.15, -0.1) is 0 Å². The van der Waals surface area contributed by atoms with Gasteiger partial charge in [0, 0.05) is 36.7 Å². The first kappa shape index (κ1) is 22.1. The molecule has 1 aliphatic rings. The average Bonchev–Trinajstić information content (AvgIpc) is 3.40. The number of nitrogens with zero attached hydrogens (tertiary/aromatic N) is 3. The van der Waals surface area contributed by atoms with Gasteiger partial charge in [-0.2, -0.15) is 18.3 Å². The monoisotopic (exact) mass is 467 g/mol. The maximum atomic E-state index is 14.0. The van der Waals surface area contributed by atoms with Crippen LogP contribution in [0.25, 0.3) is 11.3 Å². The molecule has 1 unspecified atom stereocenters. The molecule has 1 fully saturated rings. The number of anilines is 2. The van der Waals surface area contributed by atoms with Crippen LogP contribution in [0, 0.1) is 5.82 Å². The highest BCUT2D eigenvalue weighted by Crippen LogP contribution is 2.38. The smallest absolute Gasteiger partial charge is 0.391 e. The number of nitrogens with one attached hydrogen (secondary N) is 2. The molecule has 168 valence electrons. The lowest BCUT2D eigenvalue weighted by Crippen LogP contribution is -2.23. The highest BCUT2D eigenvalue weighted by atomic mass is 32.2. The van der Waals surface area contributed by atoms with Gasteiger partial charge in [-0.25, -0.2) is 9.37 Å². The Hall–Kier alpha value is -3.12. The molecule has 1 saturated heterocycles. The minimum Gasteiger partial charge on any atom is -0.391 e. The number of carbonyl (C=O) groups is 1. The number of β-amino-alcohol motifs (C(OH)–C–C–N with tert-alkyl or cyclic N) is 1. The summed E-state index contributed by atoms with van der Waals surface area (Å²) in [5.74, 6) is -1.13. The van der Waals surface area contributed by atoms with Gasteiger partial charge in [0.15, 0.2) is 0 Å². The number of aliphatic hydroxyl groups is 1. The van der Waals surface area contributed by atoms with E-state index in [1.54, 1.807) is 18.3 Å². The zero-order valence-electron chi connectivity index (χ0n) is 16.4. The fourth-order valence-electron chi connectivity index (χ4n) is 3.36. The van der Waals surface area contributed by atoms with Gasteiger partial charge >= 0.3 is 5.51 Å². The van der Waals surface area contributed by atoms with Crippen molar-refractivity contribution in [1.82, 2.24) is 15.2 Å². The standard InChI is InChI=1S/C20H17F4N5O2S/c21-15-8-12(1-2-17(15)32-20(22,23)24)27-19(31)11-7-14(16-3-5-26-28-16)18(25-9-11)29-6-4-13(30)10-29/h1-3,5,7-9,13,30H,4,6,10H2,(H,26,28)(H,27,31). The van der Waals surface area contributed by atoms with Crippen LogP contribution in [0.5, 0.6) is 0 Å². The van der Waals surface area contributed by atoms with Crippen LogP contribution in [0.1, 0.15) is 16.8 Å². The van der Waals surface area contributed by atoms with E-state index in [1.165, 1.54) is 12.3 Å². The van der Waals surface area contributed by atoms with Crippen molar-refractivity contribution in [3.05, 3.63) is 54.1 Å². The summed E-state index contributed by atoms with van der Waals surface area (Å²) in [6.45, 7) is 1.00. The van der Waals surface area contributed by atoms with Crippen molar-refractivity contribution in [2.75, 3.05) is 23.3 Å². The third-order valence-electron chi connectivity index (χ3n) is 4.80. The predicted molar refractivity (Wildman–Crippen MR) is 111 cm³/mol. The molecule has 4 rings (SSSR count). The maximum absolute atomic E-state index is 14.0. The average molecular weight is 467 g/mol. The number of rotatable bonds is 5. The summed E-state index contributed by atoms with van der Waals surface area (Å²) < 4.78 is 51.4. The van der Waals surface area contributed by atoms with Crippen molar-refractivity contribution < 1.29 is 27.5 Å². The highest BCUT2D eigenvalue weighted by Gasteiger charge is 2.31. The number of pyridine rings is 1. The lowest BCUT2D eigenvalue weighted by atomic mass is 10.1. The van der Waals surface area contributed by atoms with E-state index in [0.717, 1.165) is 12.1 Å². The number of hydrogen-bond donors (Lipinski definition) is 3. The minimum atomic E-state index is -4.62. The maximum Gasteiger partial charge on any atom is 0.446 e. The molecule has 3 heterocycles. The topological polar surface area (TPSA) is 94.1 Å². The summed E-state index contributed by atoms with van der Waals surface area (Å²) in [6.07, 6.45) is 3.02. The molecule has 32 heavy (non-hydrogen) atoms. The molecule has 3 N–H and O–H groups in total. The molecule has 3 aromatic rings. The second-order valence-electron chi connectivity index (χ2n) is 7.10. The number of aromatic nitrogens is 3. The van der Waals surface area contributed by atoms with Crippen molar-refractivity contribution in [3.8, 4) is 11.3 Å². The predicted octanol–water partition coefficient (Wildman–Crippen LogP) is 4.05. The molecule has 1 aromatic carbocycles. The Balaban J connectivity index is 1.58. The number of carbonyl (C=O) groups excluding carboxylic acids is 1. The van der Waals surface area contributed by atoms with E-state index >= 15 is 0 Å². The first-order valence-electron chi connectivity index (χ1n) is 9.49. The molecule has 7 nitrogen and oxygen atoms in total. The van der Waals surface area contributed by atoms with E-state index < -0.39 is 40.0 Å². The largest absolute Gasteiger partial charge is 0.446 e. The van der Waals surface area contributed by atoms with Crippen LogP contribution >= 0.6 is 11.8 Å². The summed E-state index contributed by atoms with van der Waals surface area (Å²) >= 11 is -0.564. The number of hydrogen-bond acceptors (Lipinski definition) is 6. The molecule has 0 aliphatic carbocycles. The molecular weight excluding hydrogens is 450 g/mol. The fourth-order valence-corrected chi connectivity index (χ4v) is 3.90. The van der Waals surface area contributed by atoms with Crippen LogP contribution in [-0.4, -0.2) is 50.9 Å². The third-order valence-corrected chi connectivity index (χ3v) is 5.58. The number of alkyl halides is 3. The molecule has 0 radical (unpaired) electrons. The van der Waals surface area contributed by atoms with Gasteiger partial charge in [0.2, 0.25) is 0 Å². The van der Waals surface area contributed by atoms with Crippen LogP contribution in [-0.2, 0) is 0 Å². The lowest BCUT2D eigenvalue weighted by Gasteiger charge is -2.20. The fraction of sp³-hybridized carbons (Fsp3) is 0.250. The second-order valence-corrected chi connectivity index (χ2v) is 8.21. The van der Waals surface area contributed by atoms with E-state index in [2.05, 4.69) is 20.5 Å². The van der Waals surface area contributed by atoms with E-state index in [1.807, 2.05) is 4.90 Å². The van der Waals surface area contributed by atoms with Crippen LogP contribution in [0.2, 0.25) is 0 Å². The Bertz CT molecular complexity index is 1120. The van der Waals surface area contributed by atoms with Crippen LogP contribution in [0.3, 0.4) is 0 Å². The summed E-state index contributed by atoms with van der Waals surface area (Å²) in [5.41, 5.74) is -3.25. The number of aliphatic hydroxyl groups excluding tert-OH is 1. The van der Waals surface area contributed by atoms with Crippen LogP contribution in [0.4, 0.5) is 29.1 Å². The summed E-state index contributed by atoms with van der Waals surface area (Å²) in [6, 6.07) is 6.27. The number of H-pyrrole nitrogens is 1. The van der Waals surface area contributed by atoms with Crippen molar-refractivity contribution in [2.45, 2.75) is 22.9 Å². The van der Waals surface area contributed by atoms with Gasteiger partial charge in [0.1, 0.15) is 11.6 Å². The zero-order valence-corrected chi connectivity index (χ0v) is 17.2. The Morgan fingerprint density at radius 3 is 2.72 bits per heavy atom. The van der Waals surface area contributed by atoms with Gasteiger partial charge in [-0.05, 0) is 48.5 Å². The van der Waals surface area contributed by atoms with Crippen LogP contribution < -0.4 is 10.2 Å². The molecule has 1 aliphatic heterocycles. The molecule has 0 saturated carbocycles. The minimum absolute atomic E-state index is 0.00820. The summed E-state index contributed by atoms with van der Waals surface area (Å²) in [4.78, 5) is 18.4. The van der Waals surface area contributed by atoms with Crippen molar-refractivity contribution in [1.29, 1.82) is 0 Å². The number of benzene rings is 1. The number of halogens is 4. The number of amides is 1. The van der Waals surface area contributed by atoms with Crippen LogP contribution in [0.15, 0.2) is 47.6 Å². The van der Waals surface area contributed by atoms with E-state index in [0.29, 0.717) is 36.6 Å². The molecule has 12 heteroatoms. The zero-order chi connectivity index (χ0) is 22.9. The molecular formula is C20H17F4N5O2S. The van der Waals surface area contributed by atoms with Gasteiger partial charge < -0.3 is 15.3 Å². The van der Waals surface area contributed by atoms with Crippen molar-refractivity contribution in [3.63, 3.8) is 0 Å². The molecule has 1 amide bonds. The summed E-state index contributed by atoms with van der Waals surface area (Å²) in [5, 5.41) is 19.1. The summed E-state index contributed by atoms with van der Waals surface area (Å²) in [7, 11) is 0. The second kappa shape index (κ2) is 8.79. The molecule has 0 bridgehead atoms. The van der Waals surface area contributed by atoms with E-state index in [9.17, 15) is 27.5 Å². The Labute approximate surface area is 183 Å². The van der Waals surface area contributed by atoms with E-state index in [4.69, 9.17) is 0 Å². The number of aromatic amines is 1. The Morgan fingerprint density at radius 2 is 2.09 bits per heavy atom. The molecule has 1 atom stereocenters. The van der Waals surface area contributed by atoms with Gasteiger partial charge in [0.25, 0.3) is 5.91 Å². The first-order valence-corrected chi connectivity index (χ1v) is 10.3. The van der Waals surface area contributed by atoms with Gasteiger partial charge in [-0.3, -0.25) is 9.89 Å².